The minimum atomic E-state index is -0.299. The molecule has 2 atom stereocenters. The first kappa shape index (κ1) is 11.6. The van der Waals surface area contributed by atoms with E-state index in [-0.39, 0.29) is 12.1 Å². The molecule has 0 saturated heterocycles. The van der Waals surface area contributed by atoms with Crippen LogP contribution in [0.15, 0.2) is 48.7 Å². The van der Waals surface area contributed by atoms with Gasteiger partial charge in [-0.15, -0.1) is 0 Å². The van der Waals surface area contributed by atoms with Gasteiger partial charge in [-0.1, -0.05) is 42.5 Å². The highest BCUT2D eigenvalue weighted by atomic mass is 16.1. The molecule has 3 heteroatoms. The Hall–Kier alpha value is -1.87. The fourth-order valence-electron chi connectivity index (χ4n) is 1.94. The van der Waals surface area contributed by atoms with Crippen LogP contribution < -0.4 is 5.73 Å². The number of benzene rings is 1. The topological polar surface area (TPSA) is 46.3 Å². The first-order valence-electron chi connectivity index (χ1n) is 5.60. The maximum atomic E-state index is 11.0. The normalized spacial score (nSPS) is 24.1. The highest BCUT2D eigenvalue weighted by Crippen LogP contribution is 2.20. The maximum absolute atomic E-state index is 11.0. The lowest BCUT2D eigenvalue weighted by Crippen LogP contribution is -2.43. The predicted molar refractivity (Wildman–Crippen MR) is 69.1 cm³/mol. The van der Waals surface area contributed by atoms with Crippen molar-refractivity contribution in [3.8, 4) is 0 Å². The highest BCUT2D eigenvalue weighted by Gasteiger charge is 2.20. The monoisotopic (exact) mass is 228 g/mol. The van der Waals surface area contributed by atoms with E-state index in [0.29, 0.717) is 0 Å². The summed E-state index contributed by atoms with van der Waals surface area (Å²) in [7, 11) is 1.87. The molecule has 2 unspecified atom stereocenters. The lowest BCUT2D eigenvalue weighted by Gasteiger charge is -2.24. The van der Waals surface area contributed by atoms with Crippen LogP contribution in [0.5, 0.6) is 0 Å². The molecule has 1 aliphatic heterocycles. The third-order valence-corrected chi connectivity index (χ3v) is 2.95. The van der Waals surface area contributed by atoms with Gasteiger partial charge < -0.3 is 15.4 Å². The summed E-state index contributed by atoms with van der Waals surface area (Å²) in [6, 6.07) is 9.47. The van der Waals surface area contributed by atoms with Crippen molar-refractivity contribution in [1.82, 2.24) is 4.90 Å². The number of carbonyl (C=O) groups excluding carboxylic acids is 1. The number of allylic oxidation sites excluding steroid dienone is 2. The smallest absolute Gasteiger partial charge is 0.144 e. The molecule has 1 heterocycles. The van der Waals surface area contributed by atoms with Crippen molar-refractivity contribution in [2.45, 2.75) is 12.1 Å². The van der Waals surface area contributed by atoms with Crippen molar-refractivity contribution >= 4 is 11.9 Å². The van der Waals surface area contributed by atoms with E-state index < -0.39 is 0 Å². The Kier molecular flexibility index (Phi) is 3.40. The van der Waals surface area contributed by atoms with Crippen LogP contribution in [0.1, 0.15) is 5.56 Å². The number of hydrogen-bond acceptors (Lipinski definition) is 3. The first-order valence-corrected chi connectivity index (χ1v) is 5.60. The minimum Gasteiger partial charge on any atom is -0.368 e. The second-order valence-corrected chi connectivity index (χ2v) is 4.18. The summed E-state index contributed by atoms with van der Waals surface area (Å²) in [5.74, 6) is 0. The molecule has 0 spiro atoms. The van der Waals surface area contributed by atoms with Crippen molar-refractivity contribution in [2.24, 2.45) is 5.73 Å². The van der Waals surface area contributed by atoms with Gasteiger partial charge in [0, 0.05) is 13.2 Å². The van der Waals surface area contributed by atoms with Gasteiger partial charge >= 0.3 is 0 Å². The Bertz CT molecular complexity index is 451. The van der Waals surface area contributed by atoms with E-state index >= 15 is 0 Å². The zero-order valence-electron chi connectivity index (χ0n) is 9.78. The molecular weight excluding hydrogens is 212 g/mol. The zero-order chi connectivity index (χ0) is 12.3. The van der Waals surface area contributed by atoms with Crippen molar-refractivity contribution in [3.05, 3.63) is 54.2 Å². The van der Waals surface area contributed by atoms with Crippen molar-refractivity contribution in [3.63, 3.8) is 0 Å². The van der Waals surface area contributed by atoms with Crippen LogP contribution in [0.2, 0.25) is 0 Å². The number of likely N-dealkylation sites (N-methyl/N-ethyl adjacent to an activating group) is 1. The average Bonchev–Trinajstić information content (AvgIpc) is 2.49. The minimum absolute atomic E-state index is 0.269. The highest BCUT2D eigenvalue weighted by molar-refractivity contribution is 5.75. The maximum Gasteiger partial charge on any atom is 0.144 e. The Morgan fingerprint density at radius 2 is 2.00 bits per heavy atom. The van der Waals surface area contributed by atoms with Crippen LogP contribution >= 0.6 is 0 Å². The average molecular weight is 228 g/mol. The van der Waals surface area contributed by atoms with Crippen LogP contribution in [0.25, 0.3) is 5.57 Å². The van der Waals surface area contributed by atoms with E-state index in [1.54, 1.807) is 0 Å². The van der Waals surface area contributed by atoms with Gasteiger partial charge in [-0.25, -0.2) is 0 Å². The molecule has 0 amide bonds. The molecule has 3 nitrogen and oxygen atoms in total. The van der Waals surface area contributed by atoms with E-state index in [1.807, 2.05) is 60.6 Å². The van der Waals surface area contributed by atoms with E-state index in [2.05, 4.69) is 0 Å². The molecule has 0 saturated carbocycles. The van der Waals surface area contributed by atoms with Gasteiger partial charge in [0.15, 0.2) is 0 Å². The van der Waals surface area contributed by atoms with Crippen molar-refractivity contribution in [2.75, 3.05) is 7.05 Å². The van der Waals surface area contributed by atoms with Gasteiger partial charge in [0.25, 0.3) is 0 Å². The number of carbonyl (C=O) groups is 1. The Labute approximate surface area is 101 Å². The Balaban J connectivity index is 2.36. The molecular formula is C14H16N2O. The second-order valence-electron chi connectivity index (χ2n) is 4.18. The van der Waals surface area contributed by atoms with Gasteiger partial charge in [0.1, 0.15) is 12.3 Å². The molecule has 2 N–H and O–H groups in total. The summed E-state index contributed by atoms with van der Waals surface area (Å²) in [5.41, 5.74) is 8.11. The van der Waals surface area contributed by atoms with E-state index in [0.717, 1.165) is 17.4 Å². The number of hydrogen-bond donors (Lipinski definition) is 1. The molecule has 1 aliphatic rings. The van der Waals surface area contributed by atoms with Gasteiger partial charge in [0.05, 0.1) is 6.04 Å². The first-order chi connectivity index (χ1) is 8.22. The summed E-state index contributed by atoms with van der Waals surface area (Å²) in [4.78, 5) is 12.9. The van der Waals surface area contributed by atoms with E-state index in [4.69, 9.17) is 5.73 Å². The molecule has 88 valence electrons. The third kappa shape index (κ3) is 2.45. The molecule has 0 fully saturated rings. The third-order valence-electron chi connectivity index (χ3n) is 2.95. The zero-order valence-corrected chi connectivity index (χ0v) is 9.78. The van der Waals surface area contributed by atoms with Crippen LogP contribution in [0.4, 0.5) is 0 Å². The summed E-state index contributed by atoms with van der Waals surface area (Å²) >= 11 is 0. The summed E-state index contributed by atoms with van der Waals surface area (Å²) in [5, 5.41) is 0. The Morgan fingerprint density at radius 1 is 1.29 bits per heavy atom. The molecule has 0 aliphatic carbocycles. The Morgan fingerprint density at radius 3 is 2.65 bits per heavy atom. The number of aldehydes is 1. The predicted octanol–water partition coefficient (Wildman–Crippen LogP) is 1.42. The van der Waals surface area contributed by atoms with Gasteiger partial charge in [0.2, 0.25) is 0 Å². The molecule has 0 radical (unpaired) electrons. The molecule has 0 bridgehead atoms. The second kappa shape index (κ2) is 4.97. The number of rotatable bonds is 2. The van der Waals surface area contributed by atoms with Crippen LogP contribution in [-0.2, 0) is 4.79 Å². The van der Waals surface area contributed by atoms with Crippen LogP contribution in [-0.4, -0.2) is 30.3 Å². The quantitative estimate of drug-likeness (QED) is 0.779. The van der Waals surface area contributed by atoms with E-state index in [1.165, 1.54) is 0 Å². The van der Waals surface area contributed by atoms with Crippen molar-refractivity contribution in [1.29, 1.82) is 0 Å². The van der Waals surface area contributed by atoms with Gasteiger partial charge in [-0.3, -0.25) is 0 Å². The molecule has 0 aromatic heterocycles. The molecule has 2 rings (SSSR count). The SMILES string of the molecule is CN1C=C(c2ccccc2)C=CC(N)C1C=O. The fraction of sp³-hybridized carbons (Fsp3) is 0.214. The van der Waals surface area contributed by atoms with Crippen LogP contribution in [0.3, 0.4) is 0 Å². The van der Waals surface area contributed by atoms with E-state index in [9.17, 15) is 4.79 Å². The lowest BCUT2D eigenvalue weighted by molar-refractivity contribution is -0.111. The standard InChI is InChI=1S/C14H16N2O/c1-16-9-12(11-5-3-2-4-6-11)7-8-13(15)14(16)10-17/h2-10,13-14H,15H2,1H3. The number of nitrogens with two attached hydrogens (primary N) is 1. The van der Waals surface area contributed by atoms with Crippen LogP contribution in [0, 0.1) is 0 Å². The summed E-state index contributed by atoms with van der Waals surface area (Å²) < 4.78 is 0. The lowest BCUT2D eigenvalue weighted by atomic mass is 10.1. The summed E-state index contributed by atoms with van der Waals surface area (Å²) in [6.07, 6.45) is 6.69. The molecule has 1 aromatic carbocycles. The molecule has 17 heavy (non-hydrogen) atoms. The van der Waals surface area contributed by atoms with Crippen molar-refractivity contribution < 1.29 is 4.79 Å². The fourth-order valence-corrected chi connectivity index (χ4v) is 1.94. The number of nitrogens with zero attached hydrogens (tertiary/aromatic N) is 1. The summed E-state index contributed by atoms with van der Waals surface area (Å²) in [6.45, 7) is 0. The van der Waals surface area contributed by atoms with Gasteiger partial charge in [-0.05, 0) is 11.1 Å². The molecule has 1 aromatic rings. The largest absolute Gasteiger partial charge is 0.368 e. The van der Waals surface area contributed by atoms with Gasteiger partial charge in [-0.2, -0.15) is 0 Å².